The van der Waals surface area contributed by atoms with Crippen LogP contribution in [-0.2, 0) is 17.7 Å². The Morgan fingerprint density at radius 3 is 2.85 bits per heavy atom. The van der Waals surface area contributed by atoms with Gasteiger partial charge in [0.1, 0.15) is 28.8 Å². The topological polar surface area (TPSA) is 88.8 Å². The molecule has 2 aromatic rings. The summed E-state index contributed by atoms with van der Waals surface area (Å²) in [4.78, 5) is 20.2. The summed E-state index contributed by atoms with van der Waals surface area (Å²) < 4.78 is 10.3. The number of aromatic nitrogens is 1. The molecule has 0 spiro atoms. The maximum Gasteiger partial charge on any atom is 0.341 e. The van der Waals surface area contributed by atoms with E-state index in [1.807, 2.05) is 13.0 Å². The van der Waals surface area contributed by atoms with E-state index in [0.29, 0.717) is 41.3 Å². The zero-order valence-electron chi connectivity index (χ0n) is 15.1. The Bertz CT molecular complexity index is 756. The highest BCUT2D eigenvalue weighted by atomic mass is 35.5. The highest BCUT2D eigenvalue weighted by Gasteiger charge is 2.15. The molecule has 8 heteroatoms. The van der Waals surface area contributed by atoms with Crippen molar-refractivity contribution in [2.24, 2.45) is 4.99 Å². The van der Waals surface area contributed by atoms with E-state index in [1.54, 1.807) is 25.3 Å². The molecule has 0 aromatic carbocycles. The number of nitrogens with one attached hydrogen (secondary N) is 2. The number of carbonyl (C=O) groups excluding carboxylic acids is 1. The highest BCUT2D eigenvalue weighted by Crippen LogP contribution is 2.16. The molecule has 0 radical (unpaired) electrons. The van der Waals surface area contributed by atoms with Gasteiger partial charge in [-0.15, -0.1) is 0 Å². The van der Waals surface area contributed by atoms with Crippen molar-refractivity contribution >= 4 is 23.5 Å². The summed E-state index contributed by atoms with van der Waals surface area (Å²) in [6.45, 7) is 5.46. The van der Waals surface area contributed by atoms with Crippen LogP contribution < -0.4 is 10.6 Å². The minimum Gasteiger partial charge on any atom is -0.465 e. The van der Waals surface area contributed by atoms with E-state index < -0.39 is 5.97 Å². The first-order chi connectivity index (χ1) is 12.5. The van der Waals surface area contributed by atoms with Crippen LogP contribution in [-0.4, -0.2) is 37.1 Å². The number of carbonyl (C=O) groups is 1. The maximum absolute atomic E-state index is 11.6. The quantitative estimate of drug-likeness (QED) is 0.333. The van der Waals surface area contributed by atoms with Crippen LogP contribution >= 0.6 is 11.6 Å². The Hall–Kier alpha value is -2.54. The molecule has 0 atom stereocenters. The molecule has 2 heterocycles. The second-order valence-corrected chi connectivity index (χ2v) is 5.92. The zero-order valence-corrected chi connectivity index (χ0v) is 15.9. The van der Waals surface area contributed by atoms with E-state index in [0.717, 1.165) is 18.5 Å². The number of rotatable bonds is 7. The van der Waals surface area contributed by atoms with Crippen molar-refractivity contribution in [2.45, 2.75) is 26.8 Å². The Morgan fingerprint density at radius 1 is 1.38 bits per heavy atom. The van der Waals surface area contributed by atoms with Crippen LogP contribution in [0.5, 0.6) is 0 Å². The largest absolute Gasteiger partial charge is 0.465 e. The molecule has 0 aliphatic rings. The summed E-state index contributed by atoms with van der Waals surface area (Å²) in [6.07, 6.45) is 2.55. The Kier molecular flexibility index (Phi) is 7.47. The fraction of sp³-hybridized carbons (Fsp3) is 0.389. The van der Waals surface area contributed by atoms with Crippen molar-refractivity contribution in [1.82, 2.24) is 15.6 Å². The third-order valence-corrected chi connectivity index (χ3v) is 3.83. The van der Waals surface area contributed by atoms with Gasteiger partial charge in [-0.25, -0.2) is 14.8 Å². The summed E-state index contributed by atoms with van der Waals surface area (Å²) in [5.41, 5.74) is 1.51. The smallest absolute Gasteiger partial charge is 0.341 e. The number of guanidine groups is 1. The van der Waals surface area contributed by atoms with Gasteiger partial charge < -0.3 is 19.8 Å². The van der Waals surface area contributed by atoms with Crippen LogP contribution in [0.4, 0.5) is 0 Å². The van der Waals surface area contributed by atoms with Crippen molar-refractivity contribution in [3.05, 3.63) is 52.2 Å². The lowest BCUT2D eigenvalue weighted by Gasteiger charge is -2.10. The lowest BCUT2D eigenvalue weighted by molar-refractivity contribution is 0.0599. The van der Waals surface area contributed by atoms with Crippen molar-refractivity contribution in [2.75, 3.05) is 20.2 Å². The van der Waals surface area contributed by atoms with Crippen molar-refractivity contribution in [3.63, 3.8) is 0 Å². The first-order valence-corrected chi connectivity index (χ1v) is 8.71. The molecule has 0 saturated heterocycles. The van der Waals surface area contributed by atoms with Crippen molar-refractivity contribution < 1.29 is 13.9 Å². The predicted octanol–water partition coefficient (Wildman–Crippen LogP) is 2.72. The summed E-state index contributed by atoms with van der Waals surface area (Å²) in [5, 5.41) is 6.91. The first-order valence-electron chi connectivity index (χ1n) is 8.33. The van der Waals surface area contributed by atoms with Crippen LogP contribution in [0.1, 0.15) is 34.4 Å². The van der Waals surface area contributed by atoms with Gasteiger partial charge in [0.05, 0.1) is 7.11 Å². The van der Waals surface area contributed by atoms with E-state index in [4.69, 9.17) is 20.8 Å². The molecule has 2 aromatic heterocycles. The van der Waals surface area contributed by atoms with Gasteiger partial charge in [0, 0.05) is 19.3 Å². The molecule has 2 N–H and O–H groups in total. The standard InChI is InChI=1S/C18H23ClN4O3/c1-4-20-18(21-8-7-13-5-6-16(19)22-10-13)23-11-14-9-15(12(2)26-14)17(24)25-3/h5-6,9-10H,4,7-8,11H2,1-3H3,(H2,20,21,23). The van der Waals surface area contributed by atoms with Crippen LogP contribution in [0.25, 0.3) is 0 Å². The lowest BCUT2D eigenvalue weighted by atomic mass is 10.2. The maximum atomic E-state index is 11.6. The summed E-state index contributed by atoms with van der Waals surface area (Å²) in [6, 6.07) is 5.38. The monoisotopic (exact) mass is 378 g/mol. The molecular weight excluding hydrogens is 356 g/mol. The average molecular weight is 379 g/mol. The SMILES string of the molecule is CCNC(=NCc1cc(C(=O)OC)c(C)o1)NCCc1ccc(Cl)nc1. The molecule has 0 fully saturated rings. The van der Waals surface area contributed by atoms with E-state index in [9.17, 15) is 4.79 Å². The first kappa shape index (κ1) is 19.8. The minimum atomic E-state index is -0.414. The molecule has 140 valence electrons. The van der Waals surface area contributed by atoms with Crippen LogP contribution in [0, 0.1) is 6.92 Å². The van der Waals surface area contributed by atoms with Crippen LogP contribution in [0.15, 0.2) is 33.8 Å². The molecule has 0 aliphatic carbocycles. The van der Waals surface area contributed by atoms with Gasteiger partial charge in [0.2, 0.25) is 0 Å². The van der Waals surface area contributed by atoms with Gasteiger partial charge >= 0.3 is 5.97 Å². The predicted molar refractivity (Wildman–Crippen MR) is 101 cm³/mol. The van der Waals surface area contributed by atoms with Crippen LogP contribution in [0.2, 0.25) is 5.15 Å². The molecule has 0 aliphatic heterocycles. The molecule has 26 heavy (non-hydrogen) atoms. The van der Waals surface area contributed by atoms with E-state index in [2.05, 4.69) is 20.6 Å². The molecule has 0 bridgehead atoms. The van der Waals surface area contributed by atoms with Crippen molar-refractivity contribution in [1.29, 1.82) is 0 Å². The third kappa shape index (κ3) is 5.77. The molecule has 0 amide bonds. The third-order valence-electron chi connectivity index (χ3n) is 3.61. The van der Waals surface area contributed by atoms with Gasteiger partial charge in [0.15, 0.2) is 5.96 Å². The minimum absolute atomic E-state index is 0.315. The number of hydrogen-bond donors (Lipinski definition) is 2. The number of halogens is 1. The number of pyridine rings is 1. The van der Waals surface area contributed by atoms with E-state index >= 15 is 0 Å². The Balaban J connectivity index is 1.93. The summed E-state index contributed by atoms with van der Waals surface area (Å²) in [7, 11) is 1.34. The van der Waals surface area contributed by atoms with E-state index in [1.165, 1.54) is 7.11 Å². The van der Waals surface area contributed by atoms with Gasteiger partial charge in [-0.05, 0) is 38.0 Å². The molecule has 7 nitrogen and oxygen atoms in total. The molecule has 0 saturated carbocycles. The van der Waals surface area contributed by atoms with Gasteiger partial charge in [-0.1, -0.05) is 17.7 Å². The summed E-state index contributed by atoms with van der Waals surface area (Å²) >= 11 is 5.78. The molecule has 0 unspecified atom stereocenters. The average Bonchev–Trinajstić information content (AvgIpc) is 3.01. The number of aliphatic imine (C=N–C) groups is 1. The highest BCUT2D eigenvalue weighted by molar-refractivity contribution is 6.29. The normalized spacial score (nSPS) is 11.3. The Labute approximate surface area is 157 Å². The fourth-order valence-corrected chi connectivity index (χ4v) is 2.42. The summed E-state index contributed by atoms with van der Waals surface area (Å²) in [5.74, 6) is 1.38. The number of ether oxygens (including phenoxy) is 1. The fourth-order valence-electron chi connectivity index (χ4n) is 2.31. The number of methoxy groups -OCH3 is 1. The number of hydrogen-bond acceptors (Lipinski definition) is 5. The Morgan fingerprint density at radius 2 is 2.19 bits per heavy atom. The van der Waals surface area contributed by atoms with E-state index in [-0.39, 0.29) is 0 Å². The van der Waals surface area contributed by atoms with Gasteiger partial charge in [-0.3, -0.25) is 0 Å². The number of aryl methyl sites for hydroxylation is 1. The lowest BCUT2D eigenvalue weighted by Crippen LogP contribution is -2.38. The second kappa shape index (κ2) is 9.82. The van der Waals surface area contributed by atoms with Crippen LogP contribution in [0.3, 0.4) is 0 Å². The molecule has 2 rings (SSSR count). The number of esters is 1. The second-order valence-electron chi connectivity index (χ2n) is 5.54. The zero-order chi connectivity index (χ0) is 18.9. The van der Waals surface area contributed by atoms with Gasteiger partial charge in [-0.2, -0.15) is 0 Å². The number of nitrogens with zero attached hydrogens (tertiary/aromatic N) is 2. The molecular formula is C18H23ClN4O3. The number of furan rings is 1. The van der Waals surface area contributed by atoms with Crippen molar-refractivity contribution in [3.8, 4) is 0 Å². The van der Waals surface area contributed by atoms with Gasteiger partial charge in [0.25, 0.3) is 0 Å².